The molecule has 1 amide bonds. The van der Waals surface area contributed by atoms with Crippen LogP contribution >= 0.6 is 0 Å². The van der Waals surface area contributed by atoms with Crippen LogP contribution in [0.5, 0.6) is 11.5 Å². The summed E-state index contributed by atoms with van der Waals surface area (Å²) in [7, 11) is 1.59. The van der Waals surface area contributed by atoms with Crippen molar-refractivity contribution in [2.24, 2.45) is 0 Å². The van der Waals surface area contributed by atoms with Gasteiger partial charge in [0, 0.05) is 25.9 Å². The predicted molar refractivity (Wildman–Crippen MR) is 119 cm³/mol. The number of nitrogens with zero attached hydrogens (tertiary/aromatic N) is 3. The highest BCUT2D eigenvalue weighted by Crippen LogP contribution is 2.29. The normalized spacial score (nSPS) is 15.6. The molecule has 8 heteroatoms. The molecular weight excluding hydrogens is 410 g/mol. The van der Waals surface area contributed by atoms with E-state index in [1.807, 2.05) is 25.1 Å². The number of aryl methyl sites for hydroxylation is 1. The molecule has 4 rings (SSSR count). The molecule has 1 fully saturated rings. The van der Waals surface area contributed by atoms with E-state index in [-0.39, 0.29) is 12.0 Å². The number of hydrogen-bond donors (Lipinski definition) is 0. The standard InChI is InChI=1S/C24H27N3O5/c1-4-9-31-21-8-7-17(11-22(21)29-3)14-27(15-19-6-5-10-30-19)24(28)18-12-20-16(2)26-32-23(20)25-13-18/h4,7-8,11-13,19H,1,5-6,9-10,14-15H2,2-3H3/t19-/m1/s1. The molecule has 2 aromatic heterocycles. The summed E-state index contributed by atoms with van der Waals surface area (Å²) in [4.78, 5) is 19.5. The molecule has 0 N–H and O–H groups in total. The highest BCUT2D eigenvalue weighted by Gasteiger charge is 2.25. The van der Waals surface area contributed by atoms with Gasteiger partial charge in [0.15, 0.2) is 11.5 Å². The zero-order valence-electron chi connectivity index (χ0n) is 18.4. The smallest absolute Gasteiger partial charge is 0.257 e. The SMILES string of the molecule is C=CCOc1ccc(CN(C[C@H]2CCCO2)C(=O)c2cnc3onc(C)c3c2)cc1OC. The van der Waals surface area contributed by atoms with Crippen LogP contribution in [0.3, 0.4) is 0 Å². The minimum atomic E-state index is -0.124. The van der Waals surface area contributed by atoms with Gasteiger partial charge in [0.05, 0.1) is 29.9 Å². The fourth-order valence-corrected chi connectivity index (χ4v) is 3.80. The van der Waals surface area contributed by atoms with Crippen LogP contribution in [-0.4, -0.2) is 53.9 Å². The Balaban J connectivity index is 1.60. The first-order chi connectivity index (χ1) is 15.6. The maximum Gasteiger partial charge on any atom is 0.257 e. The fraction of sp³-hybridized carbons (Fsp3) is 0.375. The lowest BCUT2D eigenvalue weighted by molar-refractivity contribution is 0.0507. The quantitative estimate of drug-likeness (QED) is 0.469. The van der Waals surface area contributed by atoms with Crippen LogP contribution < -0.4 is 9.47 Å². The molecule has 1 aliphatic heterocycles. The minimum Gasteiger partial charge on any atom is -0.493 e. The number of hydrogen-bond acceptors (Lipinski definition) is 7. The molecule has 0 unspecified atom stereocenters. The second kappa shape index (κ2) is 9.82. The molecule has 0 aliphatic carbocycles. The van der Waals surface area contributed by atoms with Gasteiger partial charge in [-0.25, -0.2) is 4.98 Å². The third-order valence-corrected chi connectivity index (χ3v) is 5.45. The van der Waals surface area contributed by atoms with Gasteiger partial charge in [-0.1, -0.05) is 23.9 Å². The molecule has 0 spiro atoms. The van der Waals surface area contributed by atoms with Crippen molar-refractivity contribution in [3.8, 4) is 11.5 Å². The van der Waals surface area contributed by atoms with Crippen molar-refractivity contribution in [2.75, 3.05) is 26.9 Å². The first-order valence-corrected chi connectivity index (χ1v) is 10.6. The molecule has 32 heavy (non-hydrogen) atoms. The molecule has 0 saturated carbocycles. The molecule has 1 aromatic carbocycles. The largest absolute Gasteiger partial charge is 0.493 e. The van der Waals surface area contributed by atoms with Crippen LogP contribution in [0.15, 0.2) is 47.6 Å². The Bertz CT molecular complexity index is 1100. The highest BCUT2D eigenvalue weighted by molar-refractivity contribution is 5.97. The first-order valence-electron chi connectivity index (χ1n) is 10.6. The Morgan fingerprint density at radius 3 is 2.97 bits per heavy atom. The van der Waals surface area contributed by atoms with Gasteiger partial charge in [0.2, 0.25) is 0 Å². The third-order valence-electron chi connectivity index (χ3n) is 5.45. The number of carbonyl (C=O) groups is 1. The molecule has 1 aliphatic rings. The number of fused-ring (bicyclic) bond motifs is 1. The van der Waals surface area contributed by atoms with E-state index >= 15 is 0 Å². The lowest BCUT2D eigenvalue weighted by Crippen LogP contribution is -2.37. The number of methoxy groups -OCH3 is 1. The van der Waals surface area contributed by atoms with E-state index in [0.29, 0.717) is 48.2 Å². The van der Waals surface area contributed by atoms with E-state index < -0.39 is 0 Å². The molecule has 1 saturated heterocycles. The minimum absolute atomic E-state index is 0.0186. The monoisotopic (exact) mass is 437 g/mol. The molecule has 1 atom stereocenters. The van der Waals surface area contributed by atoms with E-state index in [1.165, 1.54) is 6.20 Å². The summed E-state index contributed by atoms with van der Waals surface area (Å²) in [5.74, 6) is 1.12. The molecule has 0 radical (unpaired) electrons. The summed E-state index contributed by atoms with van der Waals surface area (Å²) in [6.45, 7) is 7.51. The lowest BCUT2D eigenvalue weighted by Gasteiger charge is -2.26. The van der Waals surface area contributed by atoms with Crippen LogP contribution in [0.1, 0.15) is 34.5 Å². The second-order valence-electron chi connectivity index (χ2n) is 7.75. The van der Waals surface area contributed by atoms with E-state index in [9.17, 15) is 4.79 Å². The van der Waals surface area contributed by atoms with E-state index in [2.05, 4.69) is 16.7 Å². The Morgan fingerprint density at radius 2 is 2.22 bits per heavy atom. The number of benzene rings is 1. The van der Waals surface area contributed by atoms with Gasteiger partial charge in [0.1, 0.15) is 6.61 Å². The van der Waals surface area contributed by atoms with Crippen LogP contribution in [0, 0.1) is 6.92 Å². The Morgan fingerprint density at radius 1 is 1.34 bits per heavy atom. The van der Waals surface area contributed by atoms with Gasteiger partial charge in [-0.3, -0.25) is 4.79 Å². The summed E-state index contributed by atoms with van der Waals surface area (Å²) in [5.41, 5.74) is 2.53. The van der Waals surface area contributed by atoms with Crippen molar-refractivity contribution in [1.82, 2.24) is 15.0 Å². The van der Waals surface area contributed by atoms with Gasteiger partial charge in [-0.2, -0.15) is 0 Å². The zero-order valence-corrected chi connectivity index (χ0v) is 18.4. The lowest BCUT2D eigenvalue weighted by atomic mass is 10.1. The van der Waals surface area contributed by atoms with Crippen LogP contribution in [0.2, 0.25) is 0 Å². The average molecular weight is 437 g/mol. The number of aromatic nitrogens is 2. The van der Waals surface area contributed by atoms with Gasteiger partial charge < -0.3 is 23.6 Å². The molecule has 8 nitrogen and oxygen atoms in total. The predicted octanol–water partition coefficient (Wildman–Crippen LogP) is 3.93. The van der Waals surface area contributed by atoms with Crippen molar-refractivity contribution in [3.05, 3.63) is 59.9 Å². The van der Waals surface area contributed by atoms with Crippen LogP contribution in [-0.2, 0) is 11.3 Å². The fourth-order valence-electron chi connectivity index (χ4n) is 3.80. The number of rotatable bonds is 9. The highest BCUT2D eigenvalue weighted by atomic mass is 16.5. The molecular formula is C24H27N3O5. The molecule has 3 heterocycles. The topological polar surface area (TPSA) is 86.9 Å². The Hall–Kier alpha value is -3.39. The number of amides is 1. The summed E-state index contributed by atoms with van der Waals surface area (Å²) < 4.78 is 22.1. The summed E-state index contributed by atoms with van der Waals surface area (Å²) in [6, 6.07) is 7.45. The number of carbonyl (C=O) groups excluding carboxylic acids is 1. The summed E-state index contributed by atoms with van der Waals surface area (Å²) in [5, 5.41) is 4.66. The molecule has 0 bridgehead atoms. The maximum atomic E-state index is 13.5. The Labute approximate surface area is 186 Å². The van der Waals surface area contributed by atoms with Crippen LogP contribution in [0.4, 0.5) is 0 Å². The van der Waals surface area contributed by atoms with Gasteiger partial charge >= 0.3 is 0 Å². The van der Waals surface area contributed by atoms with Crippen molar-refractivity contribution < 1.29 is 23.5 Å². The van der Waals surface area contributed by atoms with Crippen LogP contribution in [0.25, 0.3) is 11.1 Å². The molecule has 168 valence electrons. The first kappa shape index (κ1) is 21.8. The van der Waals surface area contributed by atoms with Gasteiger partial charge in [0.25, 0.3) is 11.6 Å². The summed E-state index contributed by atoms with van der Waals surface area (Å²) in [6.07, 6.45) is 5.17. The molecule has 3 aromatic rings. The van der Waals surface area contributed by atoms with E-state index in [4.69, 9.17) is 18.7 Å². The average Bonchev–Trinajstić information content (AvgIpc) is 3.46. The van der Waals surface area contributed by atoms with Crippen molar-refractivity contribution in [3.63, 3.8) is 0 Å². The Kier molecular flexibility index (Phi) is 6.70. The summed E-state index contributed by atoms with van der Waals surface area (Å²) >= 11 is 0. The third kappa shape index (κ3) is 4.75. The van der Waals surface area contributed by atoms with Crippen molar-refractivity contribution in [1.29, 1.82) is 0 Å². The van der Waals surface area contributed by atoms with Gasteiger partial charge in [-0.05, 0) is 43.5 Å². The van der Waals surface area contributed by atoms with Gasteiger partial charge in [-0.15, -0.1) is 0 Å². The number of ether oxygens (including phenoxy) is 3. The number of pyridine rings is 1. The van der Waals surface area contributed by atoms with E-state index in [1.54, 1.807) is 24.2 Å². The maximum absolute atomic E-state index is 13.5. The van der Waals surface area contributed by atoms with E-state index in [0.717, 1.165) is 30.4 Å². The second-order valence-corrected chi connectivity index (χ2v) is 7.75. The zero-order chi connectivity index (χ0) is 22.5. The van der Waals surface area contributed by atoms with Crippen molar-refractivity contribution in [2.45, 2.75) is 32.4 Å². The van der Waals surface area contributed by atoms with Crippen molar-refractivity contribution >= 4 is 17.0 Å².